The van der Waals surface area contributed by atoms with Crippen molar-refractivity contribution >= 4 is 52.5 Å². The highest BCUT2D eigenvalue weighted by atomic mass is 35.5. The van der Waals surface area contributed by atoms with Gasteiger partial charge in [-0.3, -0.25) is 19.3 Å². The molecule has 8 nitrogen and oxygen atoms in total. The summed E-state index contributed by atoms with van der Waals surface area (Å²) < 4.78 is 10.1. The molecule has 2 aromatic rings. The van der Waals surface area contributed by atoms with E-state index in [1.807, 2.05) is 0 Å². The third kappa shape index (κ3) is 3.95. The van der Waals surface area contributed by atoms with Crippen LogP contribution in [0.5, 0.6) is 0 Å². The van der Waals surface area contributed by atoms with E-state index in [1.165, 1.54) is 30.3 Å². The summed E-state index contributed by atoms with van der Waals surface area (Å²) in [4.78, 5) is 47.4. The lowest BCUT2D eigenvalue weighted by Gasteiger charge is -2.09. The SMILES string of the molecule is COC(=O)CN1C(=O)S/C(=C/c2ccc(-c3cc(C(=O)[O-])ccc3Cl)o2)C1=O. The number of furan rings is 1. The Morgan fingerprint density at radius 2 is 2.04 bits per heavy atom. The first-order valence-corrected chi connectivity index (χ1v) is 8.93. The minimum atomic E-state index is -1.36. The van der Waals surface area contributed by atoms with Crippen LogP contribution < -0.4 is 5.11 Å². The average molecular weight is 421 g/mol. The van der Waals surface area contributed by atoms with E-state index < -0.39 is 29.6 Å². The van der Waals surface area contributed by atoms with Gasteiger partial charge in [-0.2, -0.15) is 0 Å². The quantitative estimate of drug-likeness (QED) is 0.533. The van der Waals surface area contributed by atoms with E-state index in [-0.39, 0.29) is 27.0 Å². The van der Waals surface area contributed by atoms with Crippen LogP contribution in [0.4, 0.5) is 4.79 Å². The van der Waals surface area contributed by atoms with Crippen LogP contribution in [0.1, 0.15) is 16.1 Å². The molecule has 1 aromatic heterocycles. The van der Waals surface area contributed by atoms with Crippen LogP contribution in [0.3, 0.4) is 0 Å². The molecule has 1 aliphatic rings. The van der Waals surface area contributed by atoms with Crippen molar-refractivity contribution in [3.8, 4) is 11.3 Å². The molecule has 144 valence electrons. The Morgan fingerprint density at radius 3 is 2.71 bits per heavy atom. The number of thioether (sulfide) groups is 1. The lowest BCUT2D eigenvalue weighted by Crippen LogP contribution is -2.34. The number of carboxylic acids is 1. The van der Waals surface area contributed by atoms with Crippen LogP contribution in [0.15, 0.2) is 39.7 Å². The predicted octanol–water partition coefficient (Wildman–Crippen LogP) is 2.17. The largest absolute Gasteiger partial charge is 0.545 e. The summed E-state index contributed by atoms with van der Waals surface area (Å²) in [6.07, 6.45) is 1.35. The first-order chi connectivity index (χ1) is 13.3. The number of carbonyl (C=O) groups is 4. The van der Waals surface area contributed by atoms with Crippen molar-refractivity contribution in [1.29, 1.82) is 0 Å². The number of rotatable bonds is 5. The summed E-state index contributed by atoms with van der Waals surface area (Å²) >= 11 is 6.76. The summed E-state index contributed by atoms with van der Waals surface area (Å²) in [6, 6.07) is 7.10. The molecule has 0 unspecified atom stereocenters. The van der Waals surface area contributed by atoms with E-state index in [4.69, 9.17) is 16.0 Å². The molecule has 28 heavy (non-hydrogen) atoms. The molecule has 1 fully saturated rings. The highest BCUT2D eigenvalue weighted by Gasteiger charge is 2.36. The van der Waals surface area contributed by atoms with Gasteiger partial charge >= 0.3 is 5.97 Å². The zero-order valence-corrected chi connectivity index (χ0v) is 15.8. The van der Waals surface area contributed by atoms with Crippen molar-refractivity contribution in [3.63, 3.8) is 0 Å². The summed E-state index contributed by atoms with van der Waals surface area (Å²) in [5, 5.41) is 10.7. The van der Waals surface area contributed by atoms with E-state index in [0.29, 0.717) is 17.3 Å². The maximum absolute atomic E-state index is 12.3. The average Bonchev–Trinajstić information content (AvgIpc) is 3.22. The van der Waals surface area contributed by atoms with Gasteiger partial charge < -0.3 is 19.1 Å². The molecule has 0 spiro atoms. The number of benzene rings is 1. The fourth-order valence-electron chi connectivity index (χ4n) is 2.38. The molecule has 2 amide bonds. The third-order valence-corrected chi connectivity index (χ3v) is 4.99. The van der Waals surface area contributed by atoms with Crippen LogP contribution in [-0.2, 0) is 14.3 Å². The highest BCUT2D eigenvalue weighted by Crippen LogP contribution is 2.34. The first kappa shape index (κ1) is 19.7. The molecule has 0 aliphatic carbocycles. The molecule has 1 aliphatic heterocycles. The molecular weight excluding hydrogens is 410 g/mol. The van der Waals surface area contributed by atoms with Gasteiger partial charge in [-0.15, -0.1) is 0 Å². The van der Waals surface area contributed by atoms with E-state index in [1.54, 1.807) is 6.07 Å². The normalized spacial score (nSPS) is 15.4. The lowest BCUT2D eigenvalue weighted by atomic mass is 10.1. The van der Waals surface area contributed by atoms with Crippen LogP contribution in [0.2, 0.25) is 5.02 Å². The molecule has 10 heteroatoms. The van der Waals surface area contributed by atoms with Gasteiger partial charge in [-0.1, -0.05) is 17.7 Å². The number of carbonyl (C=O) groups excluding carboxylic acids is 4. The number of imide groups is 1. The van der Waals surface area contributed by atoms with Gasteiger partial charge in [-0.05, 0) is 41.6 Å². The number of esters is 1. The Morgan fingerprint density at radius 1 is 1.29 bits per heavy atom. The minimum Gasteiger partial charge on any atom is -0.545 e. The van der Waals surface area contributed by atoms with Gasteiger partial charge in [0.2, 0.25) is 0 Å². The van der Waals surface area contributed by atoms with E-state index in [0.717, 1.165) is 12.0 Å². The monoisotopic (exact) mass is 420 g/mol. The first-order valence-electron chi connectivity index (χ1n) is 7.73. The van der Waals surface area contributed by atoms with E-state index in [9.17, 15) is 24.3 Å². The zero-order chi connectivity index (χ0) is 20.4. The Balaban J connectivity index is 1.86. The Labute approximate surface area is 167 Å². The summed E-state index contributed by atoms with van der Waals surface area (Å²) in [5.41, 5.74) is 0.267. The Hall–Kier alpha value is -3.04. The van der Waals surface area contributed by atoms with Gasteiger partial charge in [0.1, 0.15) is 18.1 Å². The van der Waals surface area contributed by atoms with E-state index >= 15 is 0 Å². The molecule has 0 N–H and O–H groups in total. The fourth-order valence-corrected chi connectivity index (χ4v) is 3.40. The maximum atomic E-state index is 12.3. The van der Waals surface area contributed by atoms with Gasteiger partial charge in [0.05, 0.1) is 23.0 Å². The molecule has 2 heterocycles. The number of amides is 2. The number of hydrogen-bond acceptors (Lipinski definition) is 8. The number of halogens is 1. The standard InChI is InChI=1S/C18H12ClNO7S/c1-26-15(21)8-20-16(22)14(28-18(20)25)7-10-3-5-13(27-10)11-6-9(17(23)24)2-4-12(11)19/h2-7H,8H2,1H3,(H,23,24)/p-1/b14-7+. The second kappa shape index (κ2) is 7.91. The molecule has 3 rings (SSSR count). The highest BCUT2D eigenvalue weighted by molar-refractivity contribution is 8.18. The number of carboxylic acid groups (broad SMARTS) is 1. The summed E-state index contributed by atoms with van der Waals surface area (Å²) in [7, 11) is 1.15. The smallest absolute Gasteiger partial charge is 0.325 e. The molecule has 0 radical (unpaired) electrons. The molecule has 0 bridgehead atoms. The summed E-state index contributed by atoms with van der Waals surface area (Å²) in [6.45, 7) is -0.479. The van der Waals surface area contributed by atoms with Gasteiger partial charge in [0.25, 0.3) is 11.1 Å². The van der Waals surface area contributed by atoms with Crippen molar-refractivity contribution < 1.29 is 33.4 Å². The van der Waals surface area contributed by atoms with Gasteiger partial charge in [0, 0.05) is 11.6 Å². The maximum Gasteiger partial charge on any atom is 0.325 e. The number of aromatic carboxylic acids is 1. The topological polar surface area (TPSA) is 117 Å². The minimum absolute atomic E-state index is 0.0683. The van der Waals surface area contributed by atoms with Gasteiger partial charge in [-0.25, -0.2) is 0 Å². The Kier molecular flexibility index (Phi) is 5.57. The van der Waals surface area contributed by atoms with Crippen LogP contribution in [0, 0.1) is 0 Å². The predicted molar refractivity (Wildman–Crippen MR) is 98.2 cm³/mol. The Bertz CT molecular complexity index is 1030. The third-order valence-electron chi connectivity index (χ3n) is 3.76. The number of methoxy groups -OCH3 is 1. The van der Waals surface area contributed by atoms with Crippen LogP contribution in [0.25, 0.3) is 17.4 Å². The van der Waals surface area contributed by atoms with Gasteiger partial charge in [0.15, 0.2) is 0 Å². The summed E-state index contributed by atoms with van der Waals surface area (Å²) in [5.74, 6) is -2.20. The molecule has 0 atom stereocenters. The van der Waals surface area contributed by atoms with Crippen LogP contribution >= 0.6 is 23.4 Å². The number of hydrogen-bond donors (Lipinski definition) is 0. The van der Waals surface area contributed by atoms with Crippen molar-refractivity contribution in [1.82, 2.24) is 4.90 Å². The fraction of sp³-hybridized carbons (Fsp3) is 0.111. The van der Waals surface area contributed by atoms with Crippen molar-refractivity contribution in [3.05, 3.63) is 51.6 Å². The number of nitrogens with zero attached hydrogens (tertiary/aromatic N) is 1. The molecule has 0 saturated carbocycles. The van der Waals surface area contributed by atoms with E-state index in [2.05, 4.69) is 4.74 Å². The van der Waals surface area contributed by atoms with Crippen LogP contribution in [-0.4, -0.2) is 41.6 Å². The van der Waals surface area contributed by atoms with Crippen molar-refractivity contribution in [2.75, 3.05) is 13.7 Å². The molecular formula is C18H11ClNO7S-. The van der Waals surface area contributed by atoms with Crippen molar-refractivity contribution in [2.24, 2.45) is 0 Å². The second-order valence-electron chi connectivity index (χ2n) is 5.53. The lowest BCUT2D eigenvalue weighted by molar-refractivity contribution is -0.255. The molecule has 1 aromatic carbocycles. The van der Waals surface area contributed by atoms with Crippen molar-refractivity contribution in [2.45, 2.75) is 0 Å². The number of ether oxygens (including phenoxy) is 1. The zero-order valence-electron chi connectivity index (χ0n) is 14.3. The second-order valence-corrected chi connectivity index (χ2v) is 6.93. The molecule has 1 saturated heterocycles.